The van der Waals surface area contributed by atoms with E-state index < -0.39 is 5.97 Å². The number of carbonyl (C=O) groups excluding carboxylic acids is 1. The molecular weight excluding hydrogens is 195 g/mol. The minimum atomic E-state index is -1.05. The van der Waals surface area contributed by atoms with Gasteiger partial charge in [0, 0.05) is 31.3 Å². The second-order valence-corrected chi connectivity index (χ2v) is 2.29. The fourth-order valence-corrected chi connectivity index (χ4v) is 0.776. The number of hydrogen-bond donors (Lipinski definition) is 1. The van der Waals surface area contributed by atoms with E-state index in [1.165, 1.54) is 0 Å². The Kier molecular flexibility index (Phi) is 7.49. The predicted molar refractivity (Wildman–Crippen MR) is 42.4 cm³/mol. The van der Waals surface area contributed by atoms with Gasteiger partial charge in [0.1, 0.15) is 0 Å². The maximum atomic E-state index is 10.0. The summed E-state index contributed by atoms with van der Waals surface area (Å²) in [5.74, 6) is -1.05. The van der Waals surface area contributed by atoms with Crippen LogP contribution in [0.5, 0.6) is 0 Å². The summed E-state index contributed by atoms with van der Waals surface area (Å²) in [5.41, 5.74) is 0.818. The first-order chi connectivity index (χ1) is 5.79. The van der Waals surface area contributed by atoms with Crippen molar-refractivity contribution in [3.05, 3.63) is 24.5 Å². The van der Waals surface area contributed by atoms with E-state index in [1.807, 2.05) is 6.07 Å². The van der Waals surface area contributed by atoms with Crippen LogP contribution < -0.4 is 61.8 Å². The predicted octanol–water partition coefficient (Wildman–Crippen LogP) is -3.36. The molecule has 0 unspecified atom stereocenters. The molecule has 0 amide bonds. The minimum Gasteiger partial charge on any atom is -0.550 e. The maximum Gasteiger partial charge on any atom is 1.00 e. The molecule has 0 aliphatic carbocycles. The molecule has 13 heavy (non-hydrogen) atoms. The third kappa shape index (κ3) is 6.17. The van der Waals surface area contributed by atoms with E-state index >= 15 is 0 Å². The molecule has 0 aliphatic rings. The zero-order valence-electron chi connectivity index (χ0n) is 7.49. The van der Waals surface area contributed by atoms with E-state index in [1.54, 1.807) is 18.5 Å². The van der Waals surface area contributed by atoms with Crippen LogP contribution in [0.2, 0.25) is 0 Å². The molecular formula is C8H9KN2O2. The van der Waals surface area contributed by atoms with Crippen molar-refractivity contribution in [1.82, 2.24) is 4.98 Å². The smallest absolute Gasteiger partial charge is 0.550 e. The molecule has 0 aliphatic heterocycles. The van der Waals surface area contributed by atoms with Gasteiger partial charge in [0.2, 0.25) is 0 Å². The van der Waals surface area contributed by atoms with Crippen molar-refractivity contribution in [2.24, 2.45) is 0 Å². The van der Waals surface area contributed by atoms with E-state index in [2.05, 4.69) is 10.3 Å². The van der Waals surface area contributed by atoms with Crippen LogP contribution in [0, 0.1) is 0 Å². The Bertz CT molecular complexity index is 254. The summed E-state index contributed by atoms with van der Waals surface area (Å²) in [6.07, 6.45) is 3.30. The van der Waals surface area contributed by atoms with E-state index in [9.17, 15) is 9.90 Å². The number of hydrogen-bond acceptors (Lipinski definition) is 4. The Morgan fingerprint density at radius 2 is 2.38 bits per heavy atom. The number of pyridine rings is 1. The topological polar surface area (TPSA) is 65.0 Å². The number of nitrogens with zero attached hydrogens (tertiary/aromatic N) is 1. The van der Waals surface area contributed by atoms with Crippen molar-refractivity contribution in [1.29, 1.82) is 0 Å². The van der Waals surface area contributed by atoms with Crippen LogP contribution in [0.15, 0.2) is 24.5 Å². The minimum absolute atomic E-state index is 0. The molecule has 1 heterocycles. The third-order valence-corrected chi connectivity index (χ3v) is 1.32. The molecule has 0 saturated heterocycles. The van der Waals surface area contributed by atoms with Gasteiger partial charge in [-0.15, -0.1) is 0 Å². The van der Waals surface area contributed by atoms with E-state index in [0.29, 0.717) is 6.54 Å². The first kappa shape index (κ1) is 13.1. The number of aliphatic carboxylic acids is 1. The van der Waals surface area contributed by atoms with E-state index in [4.69, 9.17) is 0 Å². The van der Waals surface area contributed by atoms with Crippen LogP contribution in [-0.4, -0.2) is 17.5 Å². The Morgan fingerprint density at radius 3 is 2.92 bits per heavy atom. The van der Waals surface area contributed by atoms with Crippen LogP contribution in [0.4, 0.5) is 5.69 Å². The van der Waals surface area contributed by atoms with Crippen molar-refractivity contribution in [3.63, 3.8) is 0 Å². The zero-order chi connectivity index (χ0) is 8.81. The van der Waals surface area contributed by atoms with Gasteiger partial charge in [-0.25, -0.2) is 0 Å². The van der Waals surface area contributed by atoms with Gasteiger partial charge in [-0.1, -0.05) is 0 Å². The average Bonchev–Trinajstić information content (AvgIpc) is 2.05. The zero-order valence-corrected chi connectivity index (χ0v) is 10.6. The molecule has 0 bridgehead atoms. The molecule has 0 spiro atoms. The van der Waals surface area contributed by atoms with Crippen LogP contribution in [-0.2, 0) is 4.79 Å². The third-order valence-electron chi connectivity index (χ3n) is 1.32. The maximum absolute atomic E-state index is 10.0. The Hall–Kier alpha value is 0.0564. The molecule has 1 rings (SSSR count). The first-order valence-corrected chi connectivity index (χ1v) is 3.63. The van der Waals surface area contributed by atoms with Gasteiger partial charge >= 0.3 is 51.4 Å². The number of rotatable bonds is 4. The van der Waals surface area contributed by atoms with Gasteiger partial charge in [-0.05, 0) is 12.1 Å². The van der Waals surface area contributed by atoms with Crippen LogP contribution >= 0.6 is 0 Å². The van der Waals surface area contributed by atoms with Crippen molar-refractivity contribution < 1.29 is 61.3 Å². The van der Waals surface area contributed by atoms with Crippen molar-refractivity contribution >= 4 is 11.7 Å². The Labute approximate surface area is 119 Å². The molecule has 0 aromatic carbocycles. The van der Waals surface area contributed by atoms with Crippen molar-refractivity contribution in [3.8, 4) is 0 Å². The van der Waals surface area contributed by atoms with Gasteiger partial charge < -0.3 is 15.2 Å². The fraction of sp³-hybridized carbons (Fsp3) is 0.250. The Morgan fingerprint density at radius 1 is 1.62 bits per heavy atom. The number of nitrogens with one attached hydrogen (secondary N) is 1. The second kappa shape index (κ2) is 7.46. The molecule has 64 valence electrons. The molecule has 0 saturated carbocycles. The van der Waals surface area contributed by atoms with Gasteiger partial charge in [-0.2, -0.15) is 0 Å². The van der Waals surface area contributed by atoms with E-state index in [0.717, 1.165) is 5.69 Å². The van der Waals surface area contributed by atoms with Crippen LogP contribution in [0.1, 0.15) is 6.42 Å². The molecule has 5 heteroatoms. The summed E-state index contributed by atoms with van der Waals surface area (Å²) in [4.78, 5) is 13.9. The fourth-order valence-electron chi connectivity index (χ4n) is 0.776. The summed E-state index contributed by atoms with van der Waals surface area (Å²) in [5, 5.41) is 12.9. The summed E-state index contributed by atoms with van der Waals surface area (Å²) in [6, 6.07) is 3.60. The van der Waals surface area contributed by atoms with Gasteiger partial charge in [0.05, 0.1) is 5.69 Å². The van der Waals surface area contributed by atoms with E-state index in [-0.39, 0.29) is 57.8 Å². The summed E-state index contributed by atoms with van der Waals surface area (Å²) in [7, 11) is 0. The normalized spacial score (nSPS) is 8.62. The monoisotopic (exact) mass is 204 g/mol. The molecule has 4 nitrogen and oxygen atoms in total. The van der Waals surface area contributed by atoms with Crippen LogP contribution in [0.25, 0.3) is 0 Å². The van der Waals surface area contributed by atoms with Gasteiger partial charge in [0.15, 0.2) is 0 Å². The molecule has 1 aromatic rings. The SMILES string of the molecule is O=C([O-])CCNc1cccnc1.[K+]. The van der Waals surface area contributed by atoms with Crippen LogP contribution in [0.3, 0.4) is 0 Å². The summed E-state index contributed by atoms with van der Waals surface area (Å²) >= 11 is 0. The number of carbonyl (C=O) groups is 1. The molecule has 1 aromatic heterocycles. The standard InChI is InChI=1S/C8H10N2O2.K/c11-8(12)3-5-10-7-2-1-4-9-6-7;/h1-2,4,6,10H,3,5H2,(H,11,12);/q;+1/p-1. The van der Waals surface area contributed by atoms with Crippen molar-refractivity contribution in [2.75, 3.05) is 11.9 Å². The molecule has 0 radical (unpaired) electrons. The number of anilines is 1. The van der Waals surface area contributed by atoms with Gasteiger partial charge in [0.25, 0.3) is 0 Å². The average molecular weight is 204 g/mol. The quantitative estimate of drug-likeness (QED) is 0.520. The number of aromatic nitrogens is 1. The molecule has 0 fully saturated rings. The summed E-state index contributed by atoms with van der Waals surface area (Å²) in [6.45, 7) is 0.369. The molecule has 1 N–H and O–H groups in total. The summed E-state index contributed by atoms with van der Waals surface area (Å²) < 4.78 is 0. The second-order valence-electron chi connectivity index (χ2n) is 2.29. The molecule has 0 atom stereocenters. The Balaban J connectivity index is 0.00000144. The van der Waals surface area contributed by atoms with Crippen molar-refractivity contribution in [2.45, 2.75) is 6.42 Å². The number of carboxylic acids is 1. The largest absolute Gasteiger partial charge is 1.00 e. The first-order valence-electron chi connectivity index (χ1n) is 3.63. The number of carboxylic acid groups (broad SMARTS) is 1. The van der Waals surface area contributed by atoms with Gasteiger partial charge in [-0.3, -0.25) is 4.98 Å².